The van der Waals surface area contributed by atoms with Crippen molar-refractivity contribution in [1.29, 1.82) is 0 Å². The summed E-state index contributed by atoms with van der Waals surface area (Å²) >= 11 is 0. The summed E-state index contributed by atoms with van der Waals surface area (Å²) in [6.45, 7) is 0. The number of hydrogen-bond donors (Lipinski definition) is 0. The maximum atomic E-state index is 12.6. The van der Waals surface area contributed by atoms with Gasteiger partial charge in [0.2, 0.25) is 5.88 Å². The molecule has 9 heteroatoms. The molecule has 0 amide bonds. The Morgan fingerprint density at radius 2 is 2.11 bits per heavy atom. The topological polar surface area (TPSA) is 91.6 Å². The first-order valence-corrected chi connectivity index (χ1v) is 4.52. The Balaban J connectivity index is 3.51. The average molecular weight is 262 g/mol. The lowest BCUT2D eigenvalue weighted by molar-refractivity contribution is -0.386. The van der Waals surface area contributed by atoms with Crippen LogP contribution in [0.25, 0.3) is 0 Å². The lowest BCUT2D eigenvalue weighted by Gasteiger charge is -2.08. The molecule has 0 saturated carbocycles. The van der Waals surface area contributed by atoms with Gasteiger partial charge in [0, 0.05) is 6.07 Å². The molecule has 0 unspecified atom stereocenters. The predicted molar refractivity (Wildman–Crippen MR) is 53.7 cm³/mol. The minimum absolute atomic E-state index is 0.392. The van der Waals surface area contributed by atoms with Gasteiger partial charge in [0.15, 0.2) is 5.69 Å². The Labute approximate surface area is 99.5 Å². The van der Waals surface area contributed by atoms with Gasteiger partial charge < -0.3 is 9.47 Å². The molecule has 7 nitrogen and oxygen atoms in total. The molecule has 1 aromatic rings. The van der Waals surface area contributed by atoms with Crippen LogP contribution in [0.1, 0.15) is 22.5 Å². The lowest BCUT2D eigenvalue weighted by Crippen LogP contribution is -2.09. The molecule has 0 saturated heterocycles. The van der Waals surface area contributed by atoms with Crippen molar-refractivity contribution >= 4 is 11.7 Å². The van der Waals surface area contributed by atoms with Crippen LogP contribution in [0.2, 0.25) is 0 Å². The summed E-state index contributed by atoms with van der Waals surface area (Å²) in [6, 6.07) is 0.652. The molecule has 0 bridgehead atoms. The zero-order valence-electron chi connectivity index (χ0n) is 9.35. The van der Waals surface area contributed by atoms with Crippen LogP contribution in [0.3, 0.4) is 0 Å². The van der Waals surface area contributed by atoms with E-state index in [4.69, 9.17) is 0 Å². The highest BCUT2D eigenvalue weighted by Crippen LogP contribution is 2.31. The number of nitrogens with zero attached hydrogens (tertiary/aromatic N) is 2. The number of ether oxygens (including phenoxy) is 2. The van der Waals surface area contributed by atoms with Crippen LogP contribution < -0.4 is 4.74 Å². The summed E-state index contributed by atoms with van der Waals surface area (Å²) in [6.07, 6.45) is -3.16. The first kappa shape index (κ1) is 13.7. The van der Waals surface area contributed by atoms with Crippen LogP contribution in [-0.2, 0) is 4.74 Å². The van der Waals surface area contributed by atoms with E-state index in [0.717, 1.165) is 14.2 Å². The molecule has 0 aliphatic heterocycles. The Morgan fingerprint density at radius 1 is 1.50 bits per heavy atom. The van der Waals surface area contributed by atoms with Crippen molar-refractivity contribution in [2.24, 2.45) is 0 Å². The third kappa shape index (κ3) is 2.50. The Bertz CT molecular complexity index is 492. The number of carbonyl (C=O) groups is 1. The number of rotatable bonds is 4. The highest BCUT2D eigenvalue weighted by atomic mass is 19.3. The van der Waals surface area contributed by atoms with E-state index in [0.29, 0.717) is 6.07 Å². The Hall–Kier alpha value is -2.32. The molecule has 0 fully saturated rings. The van der Waals surface area contributed by atoms with Crippen LogP contribution in [0.5, 0.6) is 5.88 Å². The second-order valence-corrected chi connectivity index (χ2v) is 3.00. The molecule has 1 aromatic heterocycles. The van der Waals surface area contributed by atoms with E-state index in [1.165, 1.54) is 0 Å². The third-order valence-electron chi connectivity index (χ3n) is 2.00. The van der Waals surface area contributed by atoms with Crippen molar-refractivity contribution in [1.82, 2.24) is 4.98 Å². The molecule has 1 rings (SSSR count). The predicted octanol–water partition coefficient (Wildman–Crippen LogP) is 1.72. The van der Waals surface area contributed by atoms with Crippen LogP contribution in [0.4, 0.5) is 14.5 Å². The van der Waals surface area contributed by atoms with Crippen molar-refractivity contribution in [3.63, 3.8) is 0 Å². The molecule has 1 heterocycles. The Morgan fingerprint density at radius 3 is 2.50 bits per heavy atom. The van der Waals surface area contributed by atoms with Gasteiger partial charge >= 0.3 is 5.97 Å². The van der Waals surface area contributed by atoms with Crippen molar-refractivity contribution in [2.45, 2.75) is 6.43 Å². The third-order valence-corrected chi connectivity index (χ3v) is 2.00. The number of nitro groups is 1. The number of hydrogen-bond acceptors (Lipinski definition) is 6. The van der Waals surface area contributed by atoms with Gasteiger partial charge in [-0.15, -0.1) is 0 Å². The summed E-state index contributed by atoms with van der Waals surface area (Å²) in [5.74, 6) is -1.42. The molecule has 0 N–H and O–H groups in total. The van der Waals surface area contributed by atoms with Crippen molar-refractivity contribution in [2.75, 3.05) is 14.2 Å². The number of alkyl halides is 2. The monoisotopic (exact) mass is 262 g/mol. The summed E-state index contributed by atoms with van der Waals surface area (Å²) in [5.41, 5.74) is -2.42. The highest BCUT2D eigenvalue weighted by molar-refractivity contribution is 5.92. The van der Waals surface area contributed by atoms with Gasteiger partial charge in [0.25, 0.3) is 12.1 Å². The molecule has 0 spiro atoms. The van der Waals surface area contributed by atoms with Crippen molar-refractivity contribution in [3.05, 3.63) is 27.4 Å². The molecule has 18 heavy (non-hydrogen) atoms. The molecular weight excluding hydrogens is 254 g/mol. The van der Waals surface area contributed by atoms with Gasteiger partial charge in [0.05, 0.1) is 19.1 Å². The number of methoxy groups -OCH3 is 2. The number of halogens is 2. The van der Waals surface area contributed by atoms with E-state index in [2.05, 4.69) is 14.5 Å². The van der Waals surface area contributed by atoms with Crippen LogP contribution >= 0.6 is 0 Å². The molecule has 98 valence electrons. The SMILES string of the molecule is COC(=O)c1cc([N+](=O)[O-])c(C(F)F)nc1OC. The molecule has 0 aromatic carbocycles. The maximum absolute atomic E-state index is 12.6. The lowest BCUT2D eigenvalue weighted by atomic mass is 10.2. The fraction of sp³-hybridized carbons (Fsp3) is 0.333. The summed E-state index contributed by atoms with van der Waals surface area (Å²) < 4.78 is 34.1. The highest BCUT2D eigenvalue weighted by Gasteiger charge is 2.29. The normalized spacial score (nSPS) is 10.3. The quantitative estimate of drug-likeness (QED) is 0.466. The fourth-order valence-electron chi connectivity index (χ4n) is 1.22. The van der Waals surface area contributed by atoms with Crippen LogP contribution in [0.15, 0.2) is 6.07 Å². The molecule has 0 atom stereocenters. The van der Waals surface area contributed by atoms with E-state index >= 15 is 0 Å². The zero-order valence-corrected chi connectivity index (χ0v) is 9.35. The summed E-state index contributed by atoms with van der Waals surface area (Å²) in [7, 11) is 2.13. The molecule has 0 radical (unpaired) electrons. The van der Waals surface area contributed by atoms with Crippen LogP contribution in [-0.4, -0.2) is 30.1 Å². The molecule has 0 aliphatic carbocycles. The molecule has 0 aliphatic rings. The number of esters is 1. The fourth-order valence-corrected chi connectivity index (χ4v) is 1.22. The van der Waals surface area contributed by atoms with Gasteiger partial charge in [-0.2, -0.15) is 0 Å². The second-order valence-electron chi connectivity index (χ2n) is 3.00. The van der Waals surface area contributed by atoms with E-state index in [-0.39, 0.29) is 0 Å². The first-order chi connectivity index (χ1) is 8.42. The van der Waals surface area contributed by atoms with E-state index in [1.54, 1.807) is 0 Å². The maximum Gasteiger partial charge on any atom is 0.343 e. The van der Waals surface area contributed by atoms with Crippen molar-refractivity contribution < 1.29 is 28.0 Å². The van der Waals surface area contributed by atoms with Gasteiger partial charge in [-0.25, -0.2) is 18.6 Å². The summed E-state index contributed by atoms with van der Waals surface area (Å²) in [4.78, 5) is 24.1. The van der Waals surface area contributed by atoms with Crippen molar-refractivity contribution in [3.8, 4) is 5.88 Å². The number of pyridine rings is 1. The smallest absolute Gasteiger partial charge is 0.343 e. The zero-order chi connectivity index (χ0) is 13.9. The van der Waals surface area contributed by atoms with Gasteiger partial charge in [0.1, 0.15) is 5.56 Å². The number of carbonyl (C=O) groups excluding carboxylic acids is 1. The summed E-state index contributed by atoms with van der Waals surface area (Å²) in [5, 5.41) is 10.6. The standard InChI is InChI=1S/C9H8F2N2O5/c1-17-8-4(9(14)18-2)3-5(13(15)16)6(12-8)7(10)11/h3,7H,1-2H3. The van der Waals surface area contributed by atoms with Gasteiger partial charge in [-0.3, -0.25) is 10.1 Å². The van der Waals surface area contributed by atoms with E-state index in [9.17, 15) is 23.7 Å². The Kier molecular flexibility index (Phi) is 4.08. The first-order valence-electron chi connectivity index (χ1n) is 4.52. The van der Waals surface area contributed by atoms with Gasteiger partial charge in [-0.1, -0.05) is 0 Å². The van der Waals surface area contributed by atoms with E-state index in [1.807, 2.05) is 0 Å². The molecular formula is C9H8F2N2O5. The number of aromatic nitrogens is 1. The average Bonchev–Trinajstić information content (AvgIpc) is 2.35. The minimum atomic E-state index is -3.16. The van der Waals surface area contributed by atoms with E-state index < -0.39 is 40.1 Å². The minimum Gasteiger partial charge on any atom is -0.480 e. The second kappa shape index (κ2) is 5.34. The largest absolute Gasteiger partial charge is 0.480 e. The van der Waals surface area contributed by atoms with Gasteiger partial charge in [-0.05, 0) is 0 Å². The van der Waals surface area contributed by atoms with Crippen LogP contribution in [0, 0.1) is 10.1 Å².